The second-order valence-corrected chi connectivity index (χ2v) is 7.99. The number of carboxylic acid groups (broad SMARTS) is 1. The third-order valence-electron chi connectivity index (χ3n) is 4.86. The molecule has 1 aliphatic rings. The number of hydrogen-bond acceptors (Lipinski definition) is 3. The van der Waals surface area contributed by atoms with E-state index < -0.39 is 23.8 Å². The maximum Gasteiger partial charge on any atom is 0.322 e. The van der Waals surface area contributed by atoms with E-state index in [1.165, 1.54) is 0 Å². The zero-order valence-corrected chi connectivity index (χ0v) is 14.8. The fourth-order valence-corrected chi connectivity index (χ4v) is 4.08. The van der Waals surface area contributed by atoms with Crippen LogP contribution in [0.15, 0.2) is 18.2 Å². The Bertz CT molecular complexity index is 906. The molecule has 3 rings (SSSR count). The maximum absolute atomic E-state index is 12.8. The molecular formula is C19H22N2O4. The Hall–Kier alpha value is -2.63. The largest absolute Gasteiger partial charge is 0.480 e. The third-order valence-corrected chi connectivity index (χ3v) is 4.86. The van der Waals surface area contributed by atoms with Crippen molar-refractivity contribution >= 4 is 28.6 Å². The molecule has 0 unspecified atom stereocenters. The van der Waals surface area contributed by atoms with E-state index in [9.17, 15) is 14.4 Å². The van der Waals surface area contributed by atoms with Crippen molar-refractivity contribution in [3.05, 3.63) is 35.0 Å². The monoisotopic (exact) mass is 342 g/mol. The van der Waals surface area contributed by atoms with Crippen molar-refractivity contribution in [2.45, 2.75) is 39.5 Å². The van der Waals surface area contributed by atoms with E-state index in [4.69, 9.17) is 5.11 Å². The highest BCUT2D eigenvalue weighted by molar-refractivity contribution is 6.08. The topological polar surface area (TPSA) is 99.3 Å². The highest BCUT2D eigenvalue weighted by Gasteiger charge is 2.45. The van der Waals surface area contributed by atoms with Gasteiger partial charge in [-0.3, -0.25) is 14.4 Å². The number of carboxylic acids is 1. The minimum absolute atomic E-state index is 0.0786. The molecule has 1 aliphatic carbocycles. The molecule has 0 radical (unpaired) electrons. The summed E-state index contributed by atoms with van der Waals surface area (Å²) >= 11 is 0. The van der Waals surface area contributed by atoms with Crippen molar-refractivity contribution in [3.8, 4) is 0 Å². The van der Waals surface area contributed by atoms with Gasteiger partial charge in [0.1, 0.15) is 6.54 Å². The molecule has 1 aromatic heterocycles. The number of benzene rings is 1. The Kier molecular flexibility index (Phi) is 3.74. The normalized spacial score (nSPS) is 18.0. The summed E-state index contributed by atoms with van der Waals surface area (Å²) in [6.45, 7) is 7.68. The highest BCUT2D eigenvalue weighted by Crippen LogP contribution is 2.48. The molecule has 6 nitrogen and oxygen atoms in total. The van der Waals surface area contributed by atoms with E-state index in [-0.39, 0.29) is 11.2 Å². The van der Waals surface area contributed by atoms with Crippen molar-refractivity contribution in [2.24, 2.45) is 5.41 Å². The molecule has 132 valence electrons. The first-order valence-electron chi connectivity index (χ1n) is 8.24. The molecule has 0 saturated heterocycles. The van der Waals surface area contributed by atoms with Gasteiger partial charge in [-0.25, -0.2) is 0 Å². The van der Waals surface area contributed by atoms with Gasteiger partial charge in [0, 0.05) is 21.9 Å². The number of aromatic amines is 1. The van der Waals surface area contributed by atoms with Gasteiger partial charge in [0.05, 0.1) is 5.69 Å². The van der Waals surface area contributed by atoms with Gasteiger partial charge in [-0.1, -0.05) is 27.7 Å². The quantitative estimate of drug-likeness (QED) is 0.798. The Balaban J connectivity index is 2.12. The number of Topliss-reactive ketones (excluding diaryl/α,β-unsaturated/α-hetero) is 1. The Labute approximate surface area is 145 Å². The maximum atomic E-state index is 12.8. The van der Waals surface area contributed by atoms with E-state index in [1.54, 1.807) is 18.2 Å². The summed E-state index contributed by atoms with van der Waals surface area (Å²) in [4.78, 5) is 38.8. The first-order chi connectivity index (χ1) is 11.5. The first-order valence-corrected chi connectivity index (χ1v) is 8.24. The highest BCUT2D eigenvalue weighted by atomic mass is 16.4. The van der Waals surface area contributed by atoms with Crippen molar-refractivity contribution in [1.82, 2.24) is 10.3 Å². The van der Waals surface area contributed by atoms with E-state index in [0.29, 0.717) is 17.7 Å². The van der Waals surface area contributed by atoms with Crippen molar-refractivity contribution < 1.29 is 19.5 Å². The van der Waals surface area contributed by atoms with Crippen LogP contribution >= 0.6 is 0 Å². The number of nitrogens with one attached hydrogen (secondary N) is 2. The Morgan fingerprint density at radius 1 is 1.20 bits per heavy atom. The average molecular weight is 342 g/mol. The molecule has 0 bridgehead atoms. The van der Waals surface area contributed by atoms with Crippen LogP contribution in [0.2, 0.25) is 0 Å². The number of carbonyl (C=O) groups is 3. The SMILES string of the molecule is CC1(C)CC(C)(C)c2c([nH]c3ccc(C(=O)NCC(=O)O)cc23)C1=O. The molecule has 0 atom stereocenters. The Morgan fingerprint density at radius 2 is 1.88 bits per heavy atom. The molecule has 0 spiro atoms. The van der Waals surface area contributed by atoms with Crippen molar-refractivity contribution in [2.75, 3.05) is 6.54 Å². The summed E-state index contributed by atoms with van der Waals surface area (Å²) in [5.41, 5.74) is 2.06. The molecule has 1 amide bonds. The van der Waals surface area contributed by atoms with Crippen LogP contribution in [0.25, 0.3) is 10.9 Å². The van der Waals surface area contributed by atoms with Gasteiger partial charge in [-0.05, 0) is 35.6 Å². The number of aromatic nitrogens is 1. The van der Waals surface area contributed by atoms with Gasteiger partial charge in [-0.2, -0.15) is 0 Å². The van der Waals surface area contributed by atoms with Gasteiger partial charge in [-0.15, -0.1) is 0 Å². The second kappa shape index (κ2) is 5.44. The predicted octanol–water partition coefficient (Wildman–Crippen LogP) is 2.87. The summed E-state index contributed by atoms with van der Waals surface area (Å²) in [6.07, 6.45) is 0.716. The van der Waals surface area contributed by atoms with Crippen LogP contribution in [0, 0.1) is 5.41 Å². The van der Waals surface area contributed by atoms with Crippen LogP contribution < -0.4 is 5.32 Å². The third kappa shape index (κ3) is 2.81. The molecule has 0 fully saturated rings. The predicted molar refractivity (Wildman–Crippen MR) is 94.0 cm³/mol. The molecule has 0 saturated carbocycles. The van der Waals surface area contributed by atoms with E-state index in [1.807, 2.05) is 13.8 Å². The minimum atomic E-state index is -1.09. The van der Waals surface area contributed by atoms with Gasteiger partial charge >= 0.3 is 5.97 Å². The van der Waals surface area contributed by atoms with Crippen LogP contribution in [0.4, 0.5) is 0 Å². The number of fused-ring (bicyclic) bond motifs is 3. The van der Waals surface area contributed by atoms with Crippen LogP contribution in [0.3, 0.4) is 0 Å². The summed E-state index contributed by atoms with van der Waals surface area (Å²) in [7, 11) is 0. The van der Waals surface area contributed by atoms with E-state index in [2.05, 4.69) is 24.1 Å². The smallest absolute Gasteiger partial charge is 0.322 e. The summed E-state index contributed by atoms with van der Waals surface area (Å²) in [5.74, 6) is -1.46. The number of rotatable bonds is 3. The zero-order valence-electron chi connectivity index (χ0n) is 14.8. The summed E-state index contributed by atoms with van der Waals surface area (Å²) in [6, 6.07) is 5.12. The molecular weight excluding hydrogens is 320 g/mol. The molecule has 25 heavy (non-hydrogen) atoms. The summed E-state index contributed by atoms with van der Waals surface area (Å²) in [5, 5.41) is 11.9. The molecule has 6 heteroatoms. The van der Waals surface area contributed by atoms with Crippen molar-refractivity contribution in [1.29, 1.82) is 0 Å². The number of carbonyl (C=O) groups excluding carboxylic acids is 2. The summed E-state index contributed by atoms with van der Waals surface area (Å²) < 4.78 is 0. The van der Waals surface area contributed by atoms with Gasteiger partial charge in [0.25, 0.3) is 5.91 Å². The van der Waals surface area contributed by atoms with Gasteiger partial charge in [0.15, 0.2) is 5.78 Å². The molecule has 1 aromatic carbocycles. The lowest BCUT2D eigenvalue weighted by Crippen LogP contribution is -2.39. The second-order valence-electron chi connectivity index (χ2n) is 7.99. The number of hydrogen-bond donors (Lipinski definition) is 3. The average Bonchev–Trinajstić information content (AvgIpc) is 2.89. The number of amides is 1. The molecule has 2 aromatic rings. The van der Waals surface area contributed by atoms with Crippen molar-refractivity contribution in [3.63, 3.8) is 0 Å². The van der Waals surface area contributed by atoms with Gasteiger partial charge in [0.2, 0.25) is 0 Å². The lowest BCUT2D eigenvalue weighted by Gasteiger charge is -2.39. The number of H-pyrrole nitrogens is 1. The molecule has 0 aliphatic heterocycles. The lowest BCUT2D eigenvalue weighted by atomic mass is 9.63. The fraction of sp³-hybridized carbons (Fsp3) is 0.421. The van der Waals surface area contributed by atoms with Gasteiger partial charge < -0.3 is 15.4 Å². The standard InChI is InChI=1S/C19H22N2O4/c1-18(2)9-19(3,4)16(24)15-14(18)11-7-10(5-6-12(11)21-15)17(25)20-8-13(22)23/h5-7,21H,8-9H2,1-4H3,(H,20,25)(H,22,23). The van der Waals surface area contributed by atoms with Crippen LogP contribution in [0.5, 0.6) is 0 Å². The molecule has 1 heterocycles. The fourth-order valence-electron chi connectivity index (χ4n) is 4.08. The van der Waals surface area contributed by atoms with Crippen LogP contribution in [-0.4, -0.2) is 34.3 Å². The Morgan fingerprint density at radius 3 is 2.52 bits per heavy atom. The lowest BCUT2D eigenvalue weighted by molar-refractivity contribution is -0.135. The molecule has 3 N–H and O–H groups in total. The van der Waals surface area contributed by atoms with E-state index in [0.717, 1.165) is 16.5 Å². The van der Waals surface area contributed by atoms with Crippen LogP contribution in [-0.2, 0) is 10.2 Å². The minimum Gasteiger partial charge on any atom is -0.480 e. The first kappa shape index (κ1) is 17.2. The number of ketones is 1. The van der Waals surface area contributed by atoms with Crippen LogP contribution in [0.1, 0.15) is 60.5 Å². The number of aliphatic carboxylic acids is 1. The zero-order chi connectivity index (χ0) is 18.6. The van der Waals surface area contributed by atoms with E-state index >= 15 is 0 Å².